The van der Waals surface area contributed by atoms with Gasteiger partial charge in [0.25, 0.3) is 0 Å². The van der Waals surface area contributed by atoms with Gasteiger partial charge in [0, 0.05) is 12.5 Å². The molecule has 0 aliphatic carbocycles. The Kier molecular flexibility index (Phi) is 4.26. The molecule has 1 aromatic rings. The molecule has 0 aliphatic rings. The van der Waals surface area contributed by atoms with Crippen LogP contribution < -0.4 is 5.32 Å². The fourth-order valence-electron chi connectivity index (χ4n) is 1.47. The van der Waals surface area contributed by atoms with E-state index in [1.165, 1.54) is 0 Å². The minimum Gasteiger partial charge on any atom is -0.478 e. The third-order valence-corrected chi connectivity index (χ3v) is 2.51. The van der Waals surface area contributed by atoms with E-state index in [2.05, 4.69) is 5.32 Å². The summed E-state index contributed by atoms with van der Waals surface area (Å²) in [5.41, 5.74) is 1.90. The van der Waals surface area contributed by atoms with Gasteiger partial charge < -0.3 is 10.4 Å². The van der Waals surface area contributed by atoms with Gasteiger partial charge >= 0.3 is 5.97 Å². The molecule has 0 fully saturated rings. The van der Waals surface area contributed by atoms with Crippen molar-refractivity contribution in [2.75, 3.05) is 0 Å². The van der Waals surface area contributed by atoms with Crippen molar-refractivity contribution in [1.82, 2.24) is 5.32 Å². The highest BCUT2D eigenvalue weighted by Gasteiger charge is 2.09. The number of amides is 1. The Morgan fingerprint density at radius 1 is 1.35 bits per heavy atom. The van der Waals surface area contributed by atoms with E-state index in [0.29, 0.717) is 17.7 Å². The SMILES string of the molecule is Cc1cc(CNC(=O)C(C)C)ccc1C(=O)O. The van der Waals surface area contributed by atoms with Crippen LogP contribution in [0.4, 0.5) is 0 Å². The summed E-state index contributed by atoms with van der Waals surface area (Å²) in [6, 6.07) is 5.07. The van der Waals surface area contributed by atoms with Crippen LogP contribution in [0.1, 0.15) is 35.3 Å². The summed E-state index contributed by atoms with van der Waals surface area (Å²) in [7, 11) is 0. The van der Waals surface area contributed by atoms with Crippen LogP contribution in [0.2, 0.25) is 0 Å². The molecule has 4 nitrogen and oxygen atoms in total. The highest BCUT2D eigenvalue weighted by Crippen LogP contribution is 2.11. The molecule has 0 radical (unpaired) electrons. The molecule has 0 aliphatic heterocycles. The van der Waals surface area contributed by atoms with Crippen molar-refractivity contribution >= 4 is 11.9 Å². The predicted octanol–water partition coefficient (Wildman–Crippen LogP) is 1.97. The topological polar surface area (TPSA) is 66.4 Å². The normalized spacial score (nSPS) is 10.4. The molecule has 0 saturated heterocycles. The fraction of sp³-hybridized carbons (Fsp3) is 0.385. The van der Waals surface area contributed by atoms with Crippen molar-refractivity contribution < 1.29 is 14.7 Å². The van der Waals surface area contributed by atoms with Crippen LogP contribution in [-0.2, 0) is 11.3 Å². The number of benzene rings is 1. The van der Waals surface area contributed by atoms with E-state index in [1.54, 1.807) is 25.1 Å². The smallest absolute Gasteiger partial charge is 0.335 e. The summed E-state index contributed by atoms with van der Waals surface area (Å²) in [4.78, 5) is 22.2. The van der Waals surface area contributed by atoms with Gasteiger partial charge in [0.05, 0.1) is 5.56 Å². The van der Waals surface area contributed by atoms with Crippen LogP contribution >= 0.6 is 0 Å². The molecular formula is C13H17NO3. The molecule has 1 aromatic carbocycles. The van der Waals surface area contributed by atoms with Gasteiger partial charge in [0.2, 0.25) is 5.91 Å². The molecule has 92 valence electrons. The maximum absolute atomic E-state index is 11.4. The minimum absolute atomic E-state index is 0.00929. The highest BCUT2D eigenvalue weighted by molar-refractivity contribution is 5.89. The molecule has 17 heavy (non-hydrogen) atoms. The second-order valence-electron chi connectivity index (χ2n) is 4.33. The summed E-state index contributed by atoms with van der Waals surface area (Å²) in [5.74, 6) is -0.986. The zero-order valence-corrected chi connectivity index (χ0v) is 10.3. The number of carbonyl (C=O) groups is 2. The highest BCUT2D eigenvalue weighted by atomic mass is 16.4. The first-order valence-corrected chi connectivity index (χ1v) is 5.52. The van der Waals surface area contributed by atoms with E-state index in [4.69, 9.17) is 5.11 Å². The first kappa shape index (κ1) is 13.2. The Morgan fingerprint density at radius 2 is 2.00 bits per heavy atom. The Morgan fingerprint density at radius 3 is 2.47 bits per heavy atom. The third-order valence-electron chi connectivity index (χ3n) is 2.51. The van der Waals surface area contributed by atoms with Gasteiger partial charge in [-0.1, -0.05) is 26.0 Å². The lowest BCUT2D eigenvalue weighted by atomic mass is 10.1. The number of hydrogen-bond acceptors (Lipinski definition) is 2. The Balaban J connectivity index is 2.71. The van der Waals surface area contributed by atoms with Gasteiger partial charge in [-0.15, -0.1) is 0 Å². The van der Waals surface area contributed by atoms with E-state index >= 15 is 0 Å². The maximum atomic E-state index is 11.4. The van der Waals surface area contributed by atoms with Crippen LogP contribution in [0, 0.1) is 12.8 Å². The first-order chi connectivity index (χ1) is 7.91. The van der Waals surface area contributed by atoms with E-state index in [1.807, 2.05) is 13.8 Å². The summed E-state index contributed by atoms with van der Waals surface area (Å²) < 4.78 is 0. The van der Waals surface area contributed by atoms with Crippen molar-refractivity contribution in [1.29, 1.82) is 0 Å². The molecule has 0 unspecified atom stereocenters. The van der Waals surface area contributed by atoms with Crippen LogP contribution in [0.25, 0.3) is 0 Å². The number of aryl methyl sites for hydroxylation is 1. The van der Waals surface area contributed by atoms with Crippen LogP contribution in [0.5, 0.6) is 0 Å². The minimum atomic E-state index is -0.930. The maximum Gasteiger partial charge on any atom is 0.335 e. The van der Waals surface area contributed by atoms with Crippen LogP contribution in [0.15, 0.2) is 18.2 Å². The molecule has 2 N–H and O–H groups in total. The molecule has 0 atom stereocenters. The molecule has 0 heterocycles. The fourth-order valence-corrected chi connectivity index (χ4v) is 1.47. The van der Waals surface area contributed by atoms with Crippen LogP contribution in [-0.4, -0.2) is 17.0 Å². The molecular weight excluding hydrogens is 218 g/mol. The van der Waals surface area contributed by atoms with E-state index in [9.17, 15) is 9.59 Å². The number of carbonyl (C=O) groups excluding carboxylic acids is 1. The monoisotopic (exact) mass is 235 g/mol. The van der Waals surface area contributed by atoms with Crippen LogP contribution in [0.3, 0.4) is 0 Å². The first-order valence-electron chi connectivity index (χ1n) is 5.52. The predicted molar refractivity (Wildman–Crippen MR) is 64.8 cm³/mol. The summed E-state index contributed by atoms with van der Waals surface area (Å²) >= 11 is 0. The van der Waals surface area contributed by atoms with Crippen molar-refractivity contribution in [3.63, 3.8) is 0 Å². The average molecular weight is 235 g/mol. The number of rotatable bonds is 4. The Labute approximate surface area is 101 Å². The van der Waals surface area contributed by atoms with Gasteiger partial charge in [-0.25, -0.2) is 4.79 Å². The van der Waals surface area contributed by atoms with E-state index in [0.717, 1.165) is 5.56 Å². The standard InChI is InChI=1S/C13H17NO3/c1-8(2)12(15)14-7-10-4-5-11(13(16)17)9(3)6-10/h4-6,8H,7H2,1-3H3,(H,14,15)(H,16,17). The molecule has 0 bridgehead atoms. The Bertz CT molecular complexity index is 438. The van der Waals surface area contributed by atoms with Gasteiger partial charge in [-0.2, -0.15) is 0 Å². The quantitative estimate of drug-likeness (QED) is 0.838. The lowest BCUT2D eigenvalue weighted by molar-refractivity contribution is -0.124. The second kappa shape index (κ2) is 5.48. The van der Waals surface area contributed by atoms with Gasteiger partial charge in [-0.3, -0.25) is 4.79 Å². The summed E-state index contributed by atoms with van der Waals surface area (Å²) in [6.07, 6.45) is 0. The number of nitrogens with one attached hydrogen (secondary N) is 1. The number of aromatic carboxylic acids is 1. The molecule has 4 heteroatoms. The van der Waals surface area contributed by atoms with Gasteiger partial charge in [0.1, 0.15) is 0 Å². The number of carboxylic acids is 1. The van der Waals surface area contributed by atoms with E-state index < -0.39 is 5.97 Å². The second-order valence-corrected chi connectivity index (χ2v) is 4.33. The lowest BCUT2D eigenvalue weighted by Crippen LogP contribution is -2.27. The number of hydrogen-bond donors (Lipinski definition) is 2. The Hall–Kier alpha value is -1.84. The summed E-state index contributed by atoms with van der Waals surface area (Å²) in [5, 5.41) is 11.7. The number of carboxylic acid groups (broad SMARTS) is 1. The molecule has 1 rings (SSSR count). The third kappa shape index (κ3) is 3.59. The van der Waals surface area contributed by atoms with Gasteiger partial charge in [0.15, 0.2) is 0 Å². The van der Waals surface area contributed by atoms with Crippen molar-refractivity contribution in [3.05, 3.63) is 34.9 Å². The lowest BCUT2D eigenvalue weighted by Gasteiger charge is -2.09. The molecule has 0 spiro atoms. The molecule has 1 amide bonds. The largest absolute Gasteiger partial charge is 0.478 e. The average Bonchev–Trinajstić information content (AvgIpc) is 2.25. The van der Waals surface area contributed by atoms with Crippen molar-refractivity contribution in [3.8, 4) is 0 Å². The zero-order chi connectivity index (χ0) is 13.0. The molecule has 0 saturated carbocycles. The van der Waals surface area contributed by atoms with Gasteiger partial charge in [-0.05, 0) is 24.1 Å². The van der Waals surface area contributed by atoms with Crippen molar-refractivity contribution in [2.24, 2.45) is 5.92 Å². The zero-order valence-electron chi connectivity index (χ0n) is 10.3. The van der Waals surface area contributed by atoms with Crippen molar-refractivity contribution in [2.45, 2.75) is 27.3 Å². The van der Waals surface area contributed by atoms with E-state index in [-0.39, 0.29) is 11.8 Å². The molecule has 0 aromatic heterocycles. The summed E-state index contributed by atoms with van der Waals surface area (Å²) in [6.45, 7) is 5.83.